The van der Waals surface area contributed by atoms with E-state index in [1.54, 1.807) is 0 Å². The Morgan fingerprint density at radius 3 is 2.24 bits per heavy atom. The van der Waals surface area contributed by atoms with E-state index >= 15 is 0 Å². The summed E-state index contributed by atoms with van der Waals surface area (Å²) >= 11 is 0. The normalized spacial score (nSPS) is 19.2. The Kier molecular flexibility index (Phi) is 7.20. The van der Waals surface area contributed by atoms with Gasteiger partial charge in [-0.1, -0.05) is 46.5 Å². The highest BCUT2D eigenvalue weighted by atomic mass is 16.5. The molecule has 0 heterocycles. The fourth-order valence-electron chi connectivity index (χ4n) is 3.02. The summed E-state index contributed by atoms with van der Waals surface area (Å²) in [6.45, 7) is 6.34. The van der Waals surface area contributed by atoms with Crippen molar-refractivity contribution in [1.82, 2.24) is 0 Å². The highest BCUT2D eigenvalue weighted by Crippen LogP contribution is 2.38. The Morgan fingerprint density at radius 1 is 1.14 bits per heavy atom. The molecule has 1 saturated carbocycles. The lowest BCUT2D eigenvalue weighted by Gasteiger charge is -2.32. The van der Waals surface area contributed by atoms with E-state index in [-0.39, 0.29) is 6.10 Å². The zero-order valence-electron chi connectivity index (χ0n) is 13.7. The number of carboxylic acid groups (broad SMARTS) is 1. The van der Waals surface area contributed by atoms with Crippen LogP contribution in [0, 0.1) is 11.3 Å². The average molecular weight is 298 g/mol. The molecule has 0 saturated heterocycles. The largest absolute Gasteiger partial charge is 0.480 e. The molecular weight excluding hydrogens is 268 g/mol. The van der Waals surface area contributed by atoms with Gasteiger partial charge in [-0.2, -0.15) is 0 Å². The zero-order valence-corrected chi connectivity index (χ0v) is 13.7. The van der Waals surface area contributed by atoms with E-state index in [1.165, 1.54) is 0 Å². The average Bonchev–Trinajstić information content (AvgIpc) is 2.46. The van der Waals surface area contributed by atoms with Gasteiger partial charge in [0.2, 0.25) is 0 Å². The summed E-state index contributed by atoms with van der Waals surface area (Å²) in [6.07, 6.45) is 7.00. The van der Waals surface area contributed by atoms with E-state index in [1.807, 2.05) is 6.92 Å². The van der Waals surface area contributed by atoms with Crippen LogP contribution >= 0.6 is 0 Å². The van der Waals surface area contributed by atoms with Crippen LogP contribution in [0.4, 0.5) is 0 Å². The van der Waals surface area contributed by atoms with E-state index in [2.05, 4.69) is 13.8 Å². The van der Waals surface area contributed by atoms with Crippen molar-refractivity contribution in [3.05, 3.63) is 0 Å². The molecule has 0 aromatic rings. The van der Waals surface area contributed by atoms with Crippen molar-refractivity contribution in [3.8, 4) is 0 Å². The quantitative estimate of drug-likeness (QED) is 0.539. The number of rotatable bonds is 8. The van der Waals surface area contributed by atoms with Gasteiger partial charge in [-0.05, 0) is 38.0 Å². The number of carbonyl (C=O) groups excluding carboxylic acids is 1. The van der Waals surface area contributed by atoms with Crippen LogP contribution in [0.5, 0.6) is 0 Å². The Morgan fingerprint density at radius 2 is 1.76 bits per heavy atom. The molecule has 1 aliphatic carbocycles. The van der Waals surface area contributed by atoms with Crippen LogP contribution in [0.1, 0.15) is 78.6 Å². The summed E-state index contributed by atoms with van der Waals surface area (Å²) in [5, 5.41) is 9.49. The second kappa shape index (κ2) is 8.40. The maximum absolute atomic E-state index is 12.4. The smallest absolute Gasteiger partial charge is 0.323 e. The Labute approximate surface area is 128 Å². The molecule has 0 bridgehead atoms. The van der Waals surface area contributed by atoms with Crippen LogP contribution in [0.25, 0.3) is 0 Å². The molecule has 0 amide bonds. The molecule has 0 aromatic carbocycles. The number of hydrogen-bond donors (Lipinski definition) is 1. The summed E-state index contributed by atoms with van der Waals surface area (Å²) in [6, 6.07) is 0. The fourth-order valence-corrected chi connectivity index (χ4v) is 3.02. The lowest BCUT2D eigenvalue weighted by Crippen LogP contribution is -2.43. The van der Waals surface area contributed by atoms with Crippen LogP contribution in [-0.4, -0.2) is 23.1 Å². The first-order valence-corrected chi connectivity index (χ1v) is 8.37. The molecular formula is C17H30O4. The predicted molar refractivity (Wildman–Crippen MR) is 82.0 cm³/mol. The summed E-state index contributed by atoms with van der Waals surface area (Å²) in [5.41, 5.74) is -1.29. The van der Waals surface area contributed by atoms with E-state index < -0.39 is 17.4 Å². The standard InChI is InChI=1S/C17H30O4/c1-4-14(10-8-9-13(2)3)21-16(20)17(15(18)19)11-6-5-7-12-17/h13-14H,4-12H2,1-3H3,(H,18,19). The van der Waals surface area contributed by atoms with Gasteiger partial charge in [-0.15, -0.1) is 0 Å². The second-order valence-corrected chi connectivity index (χ2v) is 6.71. The maximum atomic E-state index is 12.4. The highest BCUT2D eigenvalue weighted by molar-refractivity contribution is 5.99. The minimum atomic E-state index is -1.29. The zero-order chi connectivity index (χ0) is 15.9. The van der Waals surface area contributed by atoms with Crippen LogP contribution < -0.4 is 0 Å². The van der Waals surface area contributed by atoms with E-state index in [4.69, 9.17) is 4.74 Å². The molecule has 21 heavy (non-hydrogen) atoms. The summed E-state index contributed by atoms with van der Waals surface area (Å²) < 4.78 is 5.57. The van der Waals surface area contributed by atoms with Gasteiger partial charge < -0.3 is 9.84 Å². The van der Waals surface area contributed by atoms with Crippen molar-refractivity contribution < 1.29 is 19.4 Å². The van der Waals surface area contributed by atoms with E-state index in [9.17, 15) is 14.7 Å². The Hall–Kier alpha value is -1.06. The number of carbonyl (C=O) groups is 2. The molecule has 1 rings (SSSR count). The first kappa shape index (κ1) is 18.0. The lowest BCUT2D eigenvalue weighted by molar-refractivity contribution is -0.175. The molecule has 0 spiro atoms. The van der Waals surface area contributed by atoms with Crippen molar-refractivity contribution in [2.24, 2.45) is 11.3 Å². The monoisotopic (exact) mass is 298 g/mol. The minimum absolute atomic E-state index is 0.144. The van der Waals surface area contributed by atoms with Crippen molar-refractivity contribution in [3.63, 3.8) is 0 Å². The van der Waals surface area contributed by atoms with Crippen LogP contribution in [0.15, 0.2) is 0 Å². The third-order valence-corrected chi connectivity index (χ3v) is 4.54. The van der Waals surface area contributed by atoms with Gasteiger partial charge in [0.1, 0.15) is 6.10 Å². The topological polar surface area (TPSA) is 63.6 Å². The molecule has 1 unspecified atom stereocenters. The number of ether oxygens (including phenoxy) is 1. The number of aliphatic carboxylic acids is 1. The van der Waals surface area contributed by atoms with Gasteiger partial charge in [0, 0.05) is 0 Å². The second-order valence-electron chi connectivity index (χ2n) is 6.71. The third kappa shape index (κ3) is 5.01. The maximum Gasteiger partial charge on any atom is 0.323 e. The van der Waals surface area contributed by atoms with Gasteiger partial charge >= 0.3 is 11.9 Å². The molecule has 0 aliphatic heterocycles. The predicted octanol–water partition coefficient (Wildman–Crippen LogP) is 4.17. The molecule has 0 radical (unpaired) electrons. The van der Waals surface area contributed by atoms with Gasteiger partial charge in [0.05, 0.1) is 0 Å². The first-order valence-electron chi connectivity index (χ1n) is 8.37. The molecule has 1 atom stereocenters. The molecule has 1 fully saturated rings. The van der Waals surface area contributed by atoms with Crippen LogP contribution in [0.3, 0.4) is 0 Å². The first-order chi connectivity index (χ1) is 9.92. The highest BCUT2D eigenvalue weighted by Gasteiger charge is 2.48. The SMILES string of the molecule is CCC(CCCC(C)C)OC(=O)C1(C(=O)O)CCCCC1. The van der Waals surface area contributed by atoms with Crippen LogP contribution in [-0.2, 0) is 14.3 Å². The molecule has 1 N–H and O–H groups in total. The van der Waals surface area contributed by atoms with E-state index in [0.717, 1.165) is 44.9 Å². The number of carboxylic acids is 1. The molecule has 0 aromatic heterocycles. The van der Waals surface area contributed by atoms with Crippen LogP contribution in [0.2, 0.25) is 0 Å². The van der Waals surface area contributed by atoms with Crippen molar-refractivity contribution in [2.45, 2.75) is 84.7 Å². The van der Waals surface area contributed by atoms with Crippen molar-refractivity contribution in [2.75, 3.05) is 0 Å². The van der Waals surface area contributed by atoms with Gasteiger partial charge in [0.25, 0.3) is 0 Å². The van der Waals surface area contributed by atoms with Crippen molar-refractivity contribution in [1.29, 1.82) is 0 Å². The fraction of sp³-hybridized carbons (Fsp3) is 0.882. The van der Waals surface area contributed by atoms with Gasteiger partial charge in [-0.25, -0.2) is 0 Å². The summed E-state index contributed by atoms with van der Waals surface area (Å²) in [4.78, 5) is 24.0. The summed E-state index contributed by atoms with van der Waals surface area (Å²) in [5.74, 6) is -0.878. The number of esters is 1. The van der Waals surface area contributed by atoms with E-state index in [0.29, 0.717) is 18.8 Å². The summed E-state index contributed by atoms with van der Waals surface area (Å²) in [7, 11) is 0. The van der Waals surface area contributed by atoms with Gasteiger partial charge in [-0.3, -0.25) is 9.59 Å². The Bertz CT molecular complexity index is 343. The third-order valence-electron chi connectivity index (χ3n) is 4.54. The lowest BCUT2D eigenvalue weighted by atomic mass is 9.74. The molecule has 4 nitrogen and oxygen atoms in total. The molecule has 1 aliphatic rings. The molecule has 122 valence electrons. The number of hydrogen-bond acceptors (Lipinski definition) is 3. The molecule has 4 heteroatoms. The van der Waals surface area contributed by atoms with Gasteiger partial charge in [0.15, 0.2) is 5.41 Å². The van der Waals surface area contributed by atoms with Crippen molar-refractivity contribution >= 4 is 11.9 Å². The minimum Gasteiger partial charge on any atom is -0.480 e. The Balaban J connectivity index is 2.60.